The number of nitrogens with one attached hydrogen (secondary N) is 1. The zero-order chi connectivity index (χ0) is 14.1. The summed E-state index contributed by atoms with van der Waals surface area (Å²) in [5.41, 5.74) is 1.87. The van der Waals surface area contributed by atoms with Crippen LogP contribution >= 0.6 is 15.9 Å². The smallest absolute Gasteiger partial charge is 0.251 e. The van der Waals surface area contributed by atoms with Crippen LogP contribution in [-0.4, -0.2) is 24.4 Å². The Morgan fingerprint density at radius 1 is 1.32 bits per heavy atom. The van der Waals surface area contributed by atoms with Crippen molar-refractivity contribution in [1.29, 1.82) is 0 Å². The van der Waals surface area contributed by atoms with Gasteiger partial charge in [0.05, 0.1) is 6.61 Å². The van der Waals surface area contributed by atoms with Crippen molar-refractivity contribution < 1.29 is 9.53 Å². The summed E-state index contributed by atoms with van der Waals surface area (Å²) in [4.78, 5) is 11.6. The molecule has 1 aliphatic rings. The Kier molecular flexibility index (Phi) is 7.56. The van der Waals surface area contributed by atoms with Crippen LogP contribution in [0.15, 0.2) is 18.2 Å². The molecule has 1 heterocycles. The molecular formula is C15H22BrNO2. The normalized spacial score (nSPS) is 12.9. The lowest BCUT2D eigenvalue weighted by atomic mass is 10.0. The molecule has 0 atom stereocenters. The summed E-state index contributed by atoms with van der Waals surface area (Å²) >= 11 is 3.38. The third-order valence-electron chi connectivity index (χ3n) is 2.80. The summed E-state index contributed by atoms with van der Waals surface area (Å²) in [6.07, 6.45) is 3.03. The molecule has 4 heteroatoms. The van der Waals surface area contributed by atoms with Crippen molar-refractivity contribution in [2.45, 2.75) is 33.1 Å². The van der Waals surface area contributed by atoms with Crippen molar-refractivity contribution in [3.05, 3.63) is 29.3 Å². The highest BCUT2D eigenvalue weighted by Crippen LogP contribution is 2.20. The third-order valence-corrected chi connectivity index (χ3v) is 3.36. The van der Waals surface area contributed by atoms with Crippen LogP contribution in [-0.2, 0) is 6.42 Å². The molecule has 2 rings (SSSR count). The first-order valence-electron chi connectivity index (χ1n) is 6.91. The number of fused-ring (bicyclic) bond motifs is 1. The molecule has 0 fully saturated rings. The van der Waals surface area contributed by atoms with E-state index in [0.717, 1.165) is 48.0 Å². The van der Waals surface area contributed by atoms with Crippen LogP contribution in [0.25, 0.3) is 0 Å². The Balaban J connectivity index is 0.000000861. The number of halogens is 1. The van der Waals surface area contributed by atoms with E-state index in [0.29, 0.717) is 6.61 Å². The molecule has 0 saturated heterocycles. The molecule has 1 aromatic carbocycles. The van der Waals surface area contributed by atoms with E-state index in [9.17, 15) is 4.79 Å². The minimum absolute atomic E-state index is 0.0113. The van der Waals surface area contributed by atoms with Crippen molar-refractivity contribution in [2.24, 2.45) is 0 Å². The second kappa shape index (κ2) is 8.97. The number of amides is 1. The second-order valence-corrected chi connectivity index (χ2v) is 4.86. The standard InChI is InChI=1S/C13H16BrNO2.C2H6/c14-6-1-2-8-17-11-4-3-10-5-7-15-13(16)12(10)9-11;1-2/h3-4,9H,1-2,5-8H2,(H,15,16);1-2H3. The fraction of sp³-hybridized carbons (Fsp3) is 0.533. The maximum Gasteiger partial charge on any atom is 0.251 e. The maximum absolute atomic E-state index is 11.6. The largest absolute Gasteiger partial charge is 0.494 e. The molecule has 1 aromatic rings. The zero-order valence-corrected chi connectivity index (χ0v) is 13.3. The number of alkyl halides is 1. The summed E-state index contributed by atoms with van der Waals surface area (Å²) in [6.45, 7) is 5.43. The Labute approximate surface area is 123 Å². The number of ether oxygens (including phenoxy) is 1. The third kappa shape index (κ3) is 4.86. The molecule has 1 aliphatic heterocycles. The molecule has 0 aromatic heterocycles. The van der Waals surface area contributed by atoms with Crippen molar-refractivity contribution in [3.63, 3.8) is 0 Å². The number of hydrogen-bond acceptors (Lipinski definition) is 2. The van der Waals surface area contributed by atoms with Gasteiger partial charge < -0.3 is 10.1 Å². The Morgan fingerprint density at radius 2 is 2.11 bits per heavy atom. The molecular weight excluding hydrogens is 306 g/mol. The average molecular weight is 328 g/mol. The first-order valence-corrected chi connectivity index (χ1v) is 8.03. The van der Waals surface area contributed by atoms with Gasteiger partial charge >= 0.3 is 0 Å². The molecule has 106 valence electrons. The van der Waals surface area contributed by atoms with E-state index in [1.54, 1.807) is 0 Å². The highest BCUT2D eigenvalue weighted by Gasteiger charge is 2.16. The number of benzene rings is 1. The highest BCUT2D eigenvalue weighted by atomic mass is 79.9. The van der Waals surface area contributed by atoms with Crippen LogP contribution in [0.1, 0.15) is 42.6 Å². The summed E-state index contributed by atoms with van der Waals surface area (Å²) < 4.78 is 5.62. The summed E-state index contributed by atoms with van der Waals surface area (Å²) in [5.74, 6) is 0.799. The number of carbonyl (C=O) groups is 1. The topological polar surface area (TPSA) is 38.3 Å². The molecule has 0 bridgehead atoms. The van der Waals surface area contributed by atoms with Gasteiger partial charge in [-0.3, -0.25) is 4.79 Å². The van der Waals surface area contributed by atoms with E-state index in [1.807, 2.05) is 32.0 Å². The van der Waals surface area contributed by atoms with Gasteiger partial charge in [0.15, 0.2) is 0 Å². The lowest BCUT2D eigenvalue weighted by molar-refractivity contribution is 0.0945. The summed E-state index contributed by atoms with van der Waals surface area (Å²) in [5, 5.41) is 3.84. The lowest BCUT2D eigenvalue weighted by Crippen LogP contribution is -2.31. The minimum Gasteiger partial charge on any atom is -0.494 e. The molecule has 0 saturated carbocycles. The van der Waals surface area contributed by atoms with E-state index in [4.69, 9.17) is 4.74 Å². The molecule has 0 unspecified atom stereocenters. The van der Waals surface area contributed by atoms with Gasteiger partial charge in [0, 0.05) is 17.4 Å². The number of hydrogen-bond donors (Lipinski definition) is 1. The predicted molar refractivity (Wildman–Crippen MR) is 82.4 cm³/mol. The SMILES string of the molecule is CC.O=C1NCCc2ccc(OCCCCBr)cc21. The lowest BCUT2D eigenvalue weighted by Gasteiger charge is -2.17. The van der Waals surface area contributed by atoms with Gasteiger partial charge in [-0.25, -0.2) is 0 Å². The van der Waals surface area contributed by atoms with E-state index >= 15 is 0 Å². The number of unbranched alkanes of at least 4 members (excludes halogenated alkanes) is 1. The van der Waals surface area contributed by atoms with Gasteiger partial charge in [-0.05, 0) is 37.0 Å². The monoisotopic (exact) mass is 327 g/mol. The van der Waals surface area contributed by atoms with Crippen LogP contribution < -0.4 is 10.1 Å². The molecule has 1 amide bonds. The van der Waals surface area contributed by atoms with Gasteiger partial charge in [-0.15, -0.1) is 0 Å². The van der Waals surface area contributed by atoms with Crippen LogP contribution in [0.5, 0.6) is 5.75 Å². The highest BCUT2D eigenvalue weighted by molar-refractivity contribution is 9.09. The van der Waals surface area contributed by atoms with Gasteiger partial charge in [0.1, 0.15) is 5.75 Å². The summed E-state index contributed by atoms with van der Waals surface area (Å²) in [7, 11) is 0. The quantitative estimate of drug-likeness (QED) is 0.663. The van der Waals surface area contributed by atoms with Gasteiger partial charge in [0.2, 0.25) is 0 Å². The van der Waals surface area contributed by atoms with E-state index < -0.39 is 0 Å². The predicted octanol–water partition coefficient (Wildman–Crippen LogP) is 3.55. The van der Waals surface area contributed by atoms with E-state index in [2.05, 4.69) is 21.2 Å². The number of rotatable bonds is 5. The summed E-state index contributed by atoms with van der Waals surface area (Å²) in [6, 6.07) is 5.79. The van der Waals surface area contributed by atoms with Crippen molar-refractivity contribution >= 4 is 21.8 Å². The minimum atomic E-state index is 0.0113. The van der Waals surface area contributed by atoms with E-state index in [1.165, 1.54) is 0 Å². The van der Waals surface area contributed by atoms with Crippen LogP contribution in [0, 0.1) is 0 Å². The van der Waals surface area contributed by atoms with Crippen molar-refractivity contribution in [3.8, 4) is 5.75 Å². The first kappa shape index (κ1) is 16.0. The molecule has 0 radical (unpaired) electrons. The first-order chi connectivity index (χ1) is 9.31. The van der Waals surface area contributed by atoms with Crippen molar-refractivity contribution in [1.82, 2.24) is 5.32 Å². The van der Waals surface area contributed by atoms with Crippen molar-refractivity contribution in [2.75, 3.05) is 18.5 Å². The van der Waals surface area contributed by atoms with Crippen LogP contribution in [0.3, 0.4) is 0 Å². The Bertz CT molecular complexity index is 407. The molecule has 0 spiro atoms. The van der Waals surface area contributed by atoms with Crippen LogP contribution in [0.2, 0.25) is 0 Å². The number of carbonyl (C=O) groups excluding carboxylic acids is 1. The zero-order valence-electron chi connectivity index (χ0n) is 11.7. The van der Waals surface area contributed by atoms with Gasteiger partial charge in [-0.2, -0.15) is 0 Å². The second-order valence-electron chi connectivity index (χ2n) is 4.07. The van der Waals surface area contributed by atoms with Crippen LogP contribution in [0.4, 0.5) is 0 Å². The molecule has 19 heavy (non-hydrogen) atoms. The Hall–Kier alpha value is -1.03. The van der Waals surface area contributed by atoms with Gasteiger partial charge in [-0.1, -0.05) is 35.8 Å². The molecule has 3 nitrogen and oxygen atoms in total. The molecule has 1 N–H and O–H groups in total. The Morgan fingerprint density at radius 3 is 2.84 bits per heavy atom. The average Bonchev–Trinajstić information content (AvgIpc) is 2.46. The van der Waals surface area contributed by atoms with E-state index in [-0.39, 0.29) is 5.91 Å². The maximum atomic E-state index is 11.6. The molecule has 0 aliphatic carbocycles. The fourth-order valence-electron chi connectivity index (χ4n) is 1.87. The fourth-order valence-corrected chi connectivity index (χ4v) is 2.26. The van der Waals surface area contributed by atoms with Gasteiger partial charge in [0.25, 0.3) is 5.91 Å².